The Morgan fingerprint density at radius 1 is 0.905 bits per heavy atom. The molecule has 1 aromatic carbocycles. The van der Waals surface area contributed by atoms with Crippen molar-refractivity contribution in [1.82, 2.24) is 0 Å². The zero-order chi connectivity index (χ0) is 14.1. The smallest absolute Gasteiger partial charge is 0.260 e. The Balaban J connectivity index is 1.62. The first-order chi connectivity index (χ1) is 10.3. The molecule has 5 fully saturated rings. The molecule has 1 aromatic rings. The van der Waals surface area contributed by atoms with E-state index >= 15 is 0 Å². The molecule has 1 saturated heterocycles. The second-order valence-corrected chi connectivity index (χ2v) is 7.45. The van der Waals surface area contributed by atoms with Crippen molar-refractivity contribution >= 4 is 0 Å². The first-order valence-electron chi connectivity index (χ1n) is 8.26. The van der Waals surface area contributed by atoms with Gasteiger partial charge in [0.15, 0.2) is 5.60 Å². The molecule has 3 nitrogen and oxygen atoms in total. The number of hydrogen-bond donors (Lipinski definition) is 0. The molecule has 4 bridgehead atoms. The standard InChI is InChI=1S/C18H22O3/c1-19-18(14-5-3-2-4-6-14)17(20-21-18)15-8-12-7-13(10-15)11-16(17)9-12/h2-6,12-13,15-16H,7-11H2,1H3. The van der Waals surface area contributed by atoms with Gasteiger partial charge in [0.05, 0.1) is 0 Å². The molecule has 1 heterocycles. The minimum Gasteiger partial charge on any atom is -0.345 e. The van der Waals surface area contributed by atoms with Crippen molar-refractivity contribution in [3.63, 3.8) is 0 Å². The van der Waals surface area contributed by atoms with Gasteiger partial charge in [0, 0.05) is 12.7 Å². The van der Waals surface area contributed by atoms with Crippen LogP contribution in [-0.4, -0.2) is 12.7 Å². The number of methoxy groups -OCH3 is 1. The summed E-state index contributed by atoms with van der Waals surface area (Å²) in [6, 6.07) is 10.4. The molecular weight excluding hydrogens is 264 g/mol. The average Bonchev–Trinajstić information content (AvgIpc) is 2.47. The van der Waals surface area contributed by atoms with Crippen LogP contribution in [0.25, 0.3) is 0 Å². The molecule has 0 radical (unpaired) electrons. The van der Waals surface area contributed by atoms with Gasteiger partial charge in [-0.05, 0) is 55.8 Å². The summed E-state index contributed by atoms with van der Waals surface area (Å²) < 4.78 is 5.99. The topological polar surface area (TPSA) is 27.7 Å². The van der Waals surface area contributed by atoms with Crippen LogP contribution in [0.5, 0.6) is 0 Å². The van der Waals surface area contributed by atoms with Crippen LogP contribution in [0.15, 0.2) is 30.3 Å². The van der Waals surface area contributed by atoms with Gasteiger partial charge in [0.25, 0.3) is 5.79 Å². The highest BCUT2D eigenvalue weighted by atomic mass is 17.3. The fourth-order valence-electron chi connectivity index (χ4n) is 6.01. The van der Waals surface area contributed by atoms with Crippen molar-refractivity contribution in [2.24, 2.45) is 23.7 Å². The third-order valence-corrected chi connectivity index (χ3v) is 6.60. The Labute approximate surface area is 125 Å². The fraction of sp³-hybridized carbons (Fsp3) is 0.667. The Morgan fingerprint density at radius 3 is 2.00 bits per heavy atom. The number of rotatable bonds is 2. The largest absolute Gasteiger partial charge is 0.345 e. The van der Waals surface area contributed by atoms with E-state index in [1.165, 1.54) is 32.1 Å². The molecule has 4 aliphatic carbocycles. The molecule has 112 valence electrons. The van der Waals surface area contributed by atoms with Crippen molar-refractivity contribution in [1.29, 1.82) is 0 Å². The van der Waals surface area contributed by atoms with Crippen LogP contribution in [0.3, 0.4) is 0 Å². The van der Waals surface area contributed by atoms with E-state index in [0.29, 0.717) is 11.8 Å². The van der Waals surface area contributed by atoms with Gasteiger partial charge in [-0.1, -0.05) is 30.3 Å². The van der Waals surface area contributed by atoms with E-state index in [4.69, 9.17) is 14.5 Å². The second-order valence-electron chi connectivity index (χ2n) is 7.45. The van der Waals surface area contributed by atoms with Crippen LogP contribution in [0.4, 0.5) is 0 Å². The van der Waals surface area contributed by atoms with E-state index in [2.05, 4.69) is 24.3 Å². The lowest BCUT2D eigenvalue weighted by atomic mass is 9.47. The van der Waals surface area contributed by atoms with Crippen LogP contribution in [-0.2, 0) is 20.3 Å². The van der Waals surface area contributed by atoms with E-state index in [-0.39, 0.29) is 5.60 Å². The molecule has 1 aliphatic heterocycles. The Kier molecular flexibility index (Phi) is 2.46. The molecule has 4 saturated carbocycles. The highest BCUT2D eigenvalue weighted by molar-refractivity contribution is 5.29. The molecule has 5 aliphatic rings. The Bertz CT molecular complexity index is 523. The van der Waals surface area contributed by atoms with Gasteiger partial charge in [-0.15, -0.1) is 0 Å². The summed E-state index contributed by atoms with van der Waals surface area (Å²) in [5, 5.41) is 0. The summed E-state index contributed by atoms with van der Waals surface area (Å²) in [7, 11) is 1.77. The zero-order valence-electron chi connectivity index (χ0n) is 12.5. The van der Waals surface area contributed by atoms with Crippen molar-refractivity contribution < 1.29 is 14.5 Å². The summed E-state index contributed by atoms with van der Waals surface area (Å²) >= 11 is 0. The minimum absolute atomic E-state index is 0.253. The quantitative estimate of drug-likeness (QED) is 0.777. The van der Waals surface area contributed by atoms with E-state index in [1.54, 1.807) is 7.11 Å². The average molecular weight is 286 g/mol. The summed E-state index contributed by atoms with van der Waals surface area (Å²) in [4.78, 5) is 11.6. The van der Waals surface area contributed by atoms with E-state index in [0.717, 1.165) is 17.4 Å². The molecule has 1 spiro atoms. The highest BCUT2D eigenvalue weighted by Crippen LogP contribution is 2.69. The molecule has 6 rings (SSSR count). The molecule has 0 aromatic heterocycles. The minimum atomic E-state index is -0.698. The predicted molar refractivity (Wildman–Crippen MR) is 77.1 cm³/mol. The Morgan fingerprint density at radius 2 is 1.52 bits per heavy atom. The van der Waals surface area contributed by atoms with Crippen LogP contribution >= 0.6 is 0 Å². The van der Waals surface area contributed by atoms with Crippen molar-refractivity contribution in [3.8, 4) is 0 Å². The van der Waals surface area contributed by atoms with Crippen LogP contribution in [0.2, 0.25) is 0 Å². The fourth-order valence-corrected chi connectivity index (χ4v) is 6.01. The van der Waals surface area contributed by atoms with Gasteiger partial charge >= 0.3 is 0 Å². The summed E-state index contributed by atoms with van der Waals surface area (Å²) in [6.45, 7) is 0. The summed E-state index contributed by atoms with van der Waals surface area (Å²) in [5.74, 6) is 2.29. The first-order valence-corrected chi connectivity index (χ1v) is 8.26. The van der Waals surface area contributed by atoms with Gasteiger partial charge in [0.1, 0.15) is 0 Å². The third kappa shape index (κ3) is 1.36. The SMILES string of the molecule is COC1(c2ccccc2)OOC12C1CC3CC(C1)CC2C3. The lowest BCUT2D eigenvalue weighted by Gasteiger charge is -2.68. The van der Waals surface area contributed by atoms with Gasteiger partial charge < -0.3 is 4.74 Å². The summed E-state index contributed by atoms with van der Waals surface area (Å²) in [5.41, 5.74) is 0.850. The normalized spacial score (nSPS) is 50.3. The van der Waals surface area contributed by atoms with Gasteiger partial charge in [-0.2, -0.15) is 4.89 Å². The molecule has 1 unspecified atom stereocenters. The van der Waals surface area contributed by atoms with E-state index in [1.807, 2.05) is 6.07 Å². The van der Waals surface area contributed by atoms with Crippen molar-refractivity contribution in [2.75, 3.05) is 7.11 Å². The predicted octanol–water partition coefficient (Wildman–Crippen LogP) is 3.64. The molecule has 3 heteroatoms. The lowest BCUT2D eigenvalue weighted by Crippen LogP contribution is -2.76. The maximum atomic E-state index is 5.99. The number of ether oxygens (including phenoxy) is 1. The molecule has 0 N–H and O–H groups in total. The van der Waals surface area contributed by atoms with Gasteiger partial charge in [0.2, 0.25) is 0 Å². The lowest BCUT2D eigenvalue weighted by molar-refractivity contribution is -0.645. The van der Waals surface area contributed by atoms with Gasteiger partial charge in [-0.25, -0.2) is 4.89 Å². The van der Waals surface area contributed by atoms with Crippen LogP contribution < -0.4 is 0 Å². The van der Waals surface area contributed by atoms with E-state index in [9.17, 15) is 0 Å². The highest BCUT2D eigenvalue weighted by Gasteiger charge is 2.76. The zero-order valence-corrected chi connectivity index (χ0v) is 12.5. The summed E-state index contributed by atoms with van der Waals surface area (Å²) in [6.07, 6.45) is 6.58. The van der Waals surface area contributed by atoms with Crippen LogP contribution in [0.1, 0.15) is 37.7 Å². The van der Waals surface area contributed by atoms with Crippen molar-refractivity contribution in [3.05, 3.63) is 35.9 Å². The maximum Gasteiger partial charge on any atom is 0.260 e. The van der Waals surface area contributed by atoms with Gasteiger partial charge in [-0.3, -0.25) is 0 Å². The number of benzene rings is 1. The third-order valence-electron chi connectivity index (χ3n) is 6.60. The molecule has 21 heavy (non-hydrogen) atoms. The molecule has 1 atom stereocenters. The van der Waals surface area contributed by atoms with Crippen LogP contribution in [0, 0.1) is 23.7 Å². The maximum absolute atomic E-state index is 5.99. The van der Waals surface area contributed by atoms with Crippen molar-refractivity contribution in [2.45, 2.75) is 43.5 Å². The number of hydrogen-bond acceptors (Lipinski definition) is 3. The Hall–Kier alpha value is -0.900. The molecule has 0 amide bonds. The molecular formula is C18H22O3. The monoisotopic (exact) mass is 286 g/mol. The first kappa shape index (κ1) is 12.6. The second kappa shape index (κ2) is 4.09. The van der Waals surface area contributed by atoms with E-state index < -0.39 is 5.79 Å².